The summed E-state index contributed by atoms with van der Waals surface area (Å²) in [5.74, 6) is 0.990. The lowest BCUT2D eigenvalue weighted by Crippen LogP contribution is -2.00. The Kier molecular flexibility index (Phi) is 3.70. The van der Waals surface area contributed by atoms with Crippen LogP contribution in [0.4, 0.5) is 0 Å². The summed E-state index contributed by atoms with van der Waals surface area (Å²) >= 11 is 0. The molecule has 17 heavy (non-hydrogen) atoms. The van der Waals surface area contributed by atoms with E-state index in [9.17, 15) is 0 Å². The van der Waals surface area contributed by atoms with Crippen LogP contribution in [0.3, 0.4) is 0 Å². The second-order valence-corrected chi connectivity index (χ2v) is 4.16. The molecule has 0 fully saturated rings. The van der Waals surface area contributed by atoms with Crippen LogP contribution in [-0.2, 0) is 6.61 Å². The highest BCUT2D eigenvalue weighted by Gasteiger charge is 2.03. The minimum absolute atomic E-state index is 0.427. The fraction of sp³-hybridized carbons (Fsp3) is 0.286. The van der Waals surface area contributed by atoms with E-state index in [2.05, 4.69) is 30.1 Å². The van der Waals surface area contributed by atoms with Gasteiger partial charge in [-0.2, -0.15) is 5.10 Å². The molecule has 0 aliphatic carbocycles. The van der Waals surface area contributed by atoms with E-state index in [-0.39, 0.29) is 0 Å². The summed E-state index contributed by atoms with van der Waals surface area (Å²) in [4.78, 5) is 0. The average molecular weight is 227 g/mol. The molecule has 0 bridgehead atoms. The molecular weight excluding hydrogens is 212 g/mol. The van der Waals surface area contributed by atoms with Gasteiger partial charge in [0.1, 0.15) is 6.61 Å². The lowest BCUT2D eigenvalue weighted by molar-refractivity contribution is 0.289. The highest BCUT2D eigenvalue weighted by Crippen LogP contribution is 2.17. The summed E-state index contributed by atoms with van der Waals surface area (Å²) in [5, 5.41) is 7.88. The average Bonchev–Trinajstić information content (AvgIpc) is 2.38. The van der Waals surface area contributed by atoms with Gasteiger partial charge < -0.3 is 4.74 Å². The SMILES string of the molecule is CC(C)c1cnnc(OCc2[c]cccc2)c1. The maximum atomic E-state index is 5.58. The van der Waals surface area contributed by atoms with E-state index < -0.39 is 0 Å². The highest BCUT2D eigenvalue weighted by molar-refractivity contribution is 5.20. The van der Waals surface area contributed by atoms with Gasteiger partial charge in [0.2, 0.25) is 5.88 Å². The van der Waals surface area contributed by atoms with Gasteiger partial charge in [-0.3, -0.25) is 0 Å². The van der Waals surface area contributed by atoms with Crippen LogP contribution in [0.5, 0.6) is 5.88 Å². The summed E-state index contributed by atoms with van der Waals surface area (Å²) in [6.07, 6.45) is 1.77. The van der Waals surface area contributed by atoms with E-state index in [1.165, 1.54) is 0 Å². The standard InChI is InChI=1S/C14H15N2O/c1-11(2)13-8-14(16-15-9-13)17-10-12-6-4-3-5-7-12/h3-6,8-9,11H,10H2,1-2H3. The number of ether oxygens (including phenoxy) is 1. The van der Waals surface area contributed by atoms with Crippen molar-refractivity contribution in [2.24, 2.45) is 0 Å². The lowest BCUT2D eigenvalue weighted by atomic mass is 10.1. The normalized spacial score (nSPS) is 10.5. The first-order chi connectivity index (χ1) is 8.25. The van der Waals surface area contributed by atoms with Crippen molar-refractivity contribution in [2.45, 2.75) is 26.4 Å². The van der Waals surface area contributed by atoms with E-state index in [1.54, 1.807) is 6.20 Å². The van der Waals surface area contributed by atoms with Gasteiger partial charge in [-0.15, -0.1) is 5.10 Å². The summed E-state index contributed by atoms with van der Waals surface area (Å²) < 4.78 is 5.58. The number of aromatic nitrogens is 2. The zero-order valence-corrected chi connectivity index (χ0v) is 10.1. The zero-order valence-electron chi connectivity index (χ0n) is 10.1. The third kappa shape index (κ3) is 3.28. The Balaban J connectivity index is 2.02. The topological polar surface area (TPSA) is 35.0 Å². The molecule has 2 rings (SSSR count). The molecule has 1 radical (unpaired) electrons. The molecule has 1 aromatic carbocycles. The number of hydrogen-bond acceptors (Lipinski definition) is 3. The number of nitrogens with zero attached hydrogens (tertiary/aromatic N) is 2. The summed E-state index contributed by atoms with van der Waals surface area (Å²) in [6.45, 7) is 4.70. The molecule has 87 valence electrons. The number of hydrogen-bond donors (Lipinski definition) is 0. The van der Waals surface area contributed by atoms with Crippen LogP contribution in [0, 0.1) is 6.07 Å². The molecule has 0 amide bonds. The van der Waals surface area contributed by atoms with Crippen molar-refractivity contribution >= 4 is 0 Å². The smallest absolute Gasteiger partial charge is 0.233 e. The first-order valence-corrected chi connectivity index (χ1v) is 5.66. The molecule has 2 aromatic rings. The Morgan fingerprint density at radius 2 is 2.24 bits per heavy atom. The highest BCUT2D eigenvalue weighted by atomic mass is 16.5. The van der Waals surface area contributed by atoms with Crippen LogP contribution in [0.2, 0.25) is 0 Å². The Labute approximate surface area is 101 Å². The predicted octanol–water partition coefficient (Wildman–Crippen LogP) is 2.98. The van der Waals surface area contributed by atoms with Gasteiger partial charge in [0.15, 0.2) is 0 Å². The molecule has 0 atom stereocenters. The quantitative estimate of drug-likeness (QED) is 0.805. The maximum absolute atomic E-state index is 5.58. The minimum atomic E-state index is 0.427. The van der Waals surface area contributed by atoms with Crippen LogP contribution in [0.25, 0.3) is 0 Å². The summed E-state index contributed by atoms with van der Waals surface area (Å²) in [5.41, 5.74) is 2.14. The lowest BCUT2D eigenvalue weighted by Gasteiger charge is -2.07. The molecule has 0 saturated heterocycles. The minimum Gasteiger partial charge on any atom is -0.472 e. The van der Waals surface area contributed by atoms with Crippen LogP contribution in [0.15, 0.2) is 36.5 Å². The fourth-order valence-electron chi connectivity index (χ4n) is 1.42. The Hall–Kier alpha value is -1.90. The maximum Gasteiger partial charge on any atom is 0.233 e. The van der Waals surface area contributed by atoms with Gasteiger partial charge in [0, 0.05) is 6.07 Å². The third-order valence-electron chi connectivity index (χ3n) is 2.47. The van der Waals surface area contributed by atoms with E-state index >= 15 is 0 Å². The van der Waals surface area contributed by atoms with Gasteiger partial charge in [-0.05, 0) is 23.1 Å². The molecule has 0 aliphatic rings. The van der Waals surface area contributed by atoms with Crippen LogP contribution >= 0.6 is 0 Å². The van der Waals surface area contributed by atoms with Crippen LogP contribution < -0.4 is 4.74 Å². The Morgan fingerprint density at radius 1 is 1.35 bits per heavy atom. The van der Waals surface area contributed by atoms with Gasteiger partial charge in [-0.1, -0.05) is 38.1 Å². The molecule has 3 nitrogen and oxygen atoms in total. The predicted molar refractivity (Wildman–Crippen MR) is 65.7 cm³/mol. The fourth-order valence-corrected chi connectivity index (χ4v) is 1.42. The van der Waals surface area contributed by atoms with Crippen LogP contribution in [-0.4, -0.2) is 10.2 Å². The summed E-state index contributed by atoms with van der Waals surface area (Å²) in [6, 6.07) is 12.8. The second kappa shape index (κ2) is 5.43. The van der Waals surface area contributed by atoms with Crippen LogP contribution in [0.1, 0.15) is 30.9 Å². The largest absolute Gasteiger partial charge is 0.472 e. The van der Waals surface area contributed by atoms with Crippen molar-refractivity contribution in [3.05, 3.63) is 53.7 Å². The second-order valence-electron chi connectivity index (χ2n) is 4.16. The van der Waals surface area contributed by atoms with E-state index in [0.717, 1.165) is 11.1 Å². The molecule has 0 N–H and O–H groups in total. The molecule has 0 saturated carbocycles. The molecule has 0 spiro atoms. The molecule has 1 heterocycles. The van der Waals surface area contributed by atoms with Gasteiger partial charge >= 0.3 is 0 Å². The molecular formula is C14H15N2O. The van der Waals surface area contributed by atoms with Crippen molar-refractivity contribution in [1.82, 2.24) is 10.2 Å². The first-order valence-electron chi connectivity index (χ1n) is 5.66. The van der Waals surface area contributed by atoms with Gasteiger partial charge in [0.05, 0.1) is 6.20 Å². The Morgan fingerprint density at radius 3 is 2.94 bits per heavy atom. The monoisotopic (exact) mass is 227 g/mol. The molecule has 0 unspecified atom stereocenters. The molecule has 3 heteroatoms. The van der Waals surface area contributed by atoms with Crippen molar-refractivity contribution in [3.8, 4) is 5.88 Å². The van der Waals surface area contributed by atoms with E-state index in [0.29, 0.717) is 18.4 Å². The first kappa shape index (κ1) is 11.6. The zero-order chi connectivity index (χ0) is 12.1. The van der Waals surface area contributed by atoms with Gasteiger partial charge in [-0.25, -0.2) is 0 Å². The van der Waals surface area contributed by atoms with Crippen molar-refractivity contribution < 1.29 is 4.74 Å². The number of rotatable bonds is 4. The Bertz CT molecular complexity index is 469. The van der Waals surface area contributed by atoms with Gasteiger partial charge in [0.25, 0.3) is 0 Å². The number of benzene rings is 1. The summed E-state index contributed by atoms with van der Waals surface area (Å²) in [7, 11) is 0. The third-order valence-corrected chi connectivity index (χ3v) is 2.47. The van der Waals surface area contributed by atoms with E-state index in [4.69, 9.17) is 4.74 Å². The molecule has 1 aromatic heterocycles. The molecule has 0 aliphatic heterocycles. The van der Waals surface area contributed by atoms with Crippen molar-refractivity contribution in [1.29, 1.82) is 0 Å². The van der Waals surface area contributed by atoms with Crippen molar-refractivity contribution in [3.63, 3.8) is 0 Å². The van der Waals surface area contributed by atoms with Crippen molar-refractivity contribution in [2.75, 3.05) is 0 Å². The van der Waals surface area contributed by atoms with E-state index in [1.807, 2.05) is 30.3 Å².